The lowest BCUT2D eigenvalue weighted by Crippen LogP contribution is -2.47. The number of aromatic nitrogens is 1. The molecular weight excluding hydrogens is 869 g/mol. The average molecular weight is 925 g/mol. The quantitative estimate of drug-likeness (QED) is 0.155. The lowest BCUT2D eigenvalue weighted by Gasteiger charge is -2.53. The van der Waals surface area contributed by atoms with Crippen LogP contribution in [-0.4, -0.2) is 4.57 Å². The normalized spacial score (nSPS) is 22.3. The van der Waals surface area contributed by atoms with Gasteiger partial charge in [-0.25, -0.2) is 0 Å². The van der Waals surface area contributed by atoms with Gasteiger partial charge in [-0.15, -0.1) is 0 Å². The summed E-state index contributed by atoms with van der Waals surface area (Å²) in [7, 11) is 0. The highest BCUT2D eigenvalue weighted by atomic mass is 15.1. The lowest BCUT2D eigenvalue weighted by atomic mass is 9.50. The predicted octanol–water partition coefficient (Wildman–Crippen LogP) is 17.9. The van der Waals surface area contributed by atoms with Gasteiger partial charge in [-0.2, -0.15) is 0 Å². The van der Waals surface area contributed by atoms with Crippen LogP contribution in [-0.2, 0) is 10.8 Å². The van der Waals surface area contributed by atoms with Gasteiger partial charge in [0.1, 0.15) is 0 Å². The molecule has 11 aromatic rings. The van der Waals surface area contributed by atoms with E-state index in [4.69, 9.17) is 0 Å². The van der Waals surface area contributed by atoms with Gasteiger partial charge in [-0.1, -0.05) is 195 Å². The van der Waals surface area contributed by atoms with Crippen LogP contribution in [0.3, 0.4) is 0 Å². The first-order chi connectivity index (χ1) is 35.6. The van der Waals surface area contributed by atoms with Gasteiger partial charge in [-0.05, 0) is 160 Å². The van der Waals surface area contributed by atoms with Crippen molar-refractivity contribution in [2.24, 2.45) is 23.7 Å². The summed E-state index contributed by atoms with van der Waals surface area (Å²) in [6.07, 6.45) is 5.22. The molecule has 0 radical (unpaired) electrons. The van der Waals surface area contributed by atoms with Crippen LogP contribution in [0, 0.1) is 23.7 Å². The highest BCUT2D eigenvalue weighted by Crippen LogP contribution is 2.73. The molecule has 2 nitrogen and oxygen atoms in total. The number of hydrogen-bond donors (Lipinski definition) is 0. The Labute approximate surface area is 422 Å². The van der Waals surface area contributed by atoms with Gasteiger partial charge in [0.05, 0.1) is 22.1 Å². The molecule has 0 amide bonds. The molecule has 1 aromatic heterocycles. The van der Waals surface area contributed by atoms with Gasteiger partial charge in [0.2, 0.25) is 0 Å². The van der Waals surface area contributed by atoms with Crippen molar-refractivity contribution in [2.45, 2.75) is 49.4 Å². The molecule has 0 aliphatic heterocycles. The zero-order chi connectivity index (χ0) is 47.5. The van der Waals surface area contributed by atoms with E-state index in [1.165, 1.54) is 109 Å². The molecule has 0 N–H and O–H groups in total. The summed E-state index contributed by atoms with van der Waals surface area (Å²) in [4.78, 5) is 2.57. The Bertz CT molecular complexity index is 3770. The van der Waals surface area contributed by atoms with Gasteiger partial charge < -0.3 is 9.47 Å². The lowest BCUT2D eigenvalue weighted by molar-refractivity contribution is 0.0678. The molecule has 0 saturated heterocycles. The van der Waals surface area contributed by atoms with Crippen molar-refractivity contribution in [3.05, 3.63) is 276 Å². The minimum absolute atomic E-state index is 0.0204. The van der Waals surface area contributed by atoms with Crippen molar-refractivity contribution in [2.75, 3.05) is 4.90 Å². The summed E-state index contributed by atoms with van der Waals surface area (Å²) in [5, 5.41) is 5.05. The second-order valence-corrected chi connectivity index (χ2v) is 21.7. The van der Waals surface area contributed by atoms with E-state index in [0.717, 1.165) is 17.5 Å². The smallest absolute Gasteiger partial charge is 0.0707 e. The van der Waals surface area contributed by atoms with Gasteiger partial charge in [0, 0.05) is 38.6 Å². The van der Waals surface area contributed by atoms with Crippen molar-refractivity contribution < 1.29 is 0 Å². The summed E-state index contributed by atoms with van der Waals surface area (Å²) in [5.74, 6) is 3.22. The largest absolute Gasteiger partial charge is 0.310 e. The summed E-state index contributed by atoms with van der Waals surface area (Å²) in [6.45, 7) is 2.57. The standard InChI is InChI=1S/C70H56N2/c1-46-41-54-43-50-42-51(46)45-69(54)64-44-57(39-40-63(64)70(52-19-4-2-5-20-52,53-21-6-3-7-22-53)62-27-13-10-26-61(62)68(50)69)71(65-30-16-18-49-17-8-9-23-58(49)65)55-35-31-47(32-36-55)48-33-37-56(38-34-48)72-66-28-14-11-24-59(66)60-25-12-15-29-67(60)72/h2-40,44,46,50-51,54,68H,41-43,45H2,1H3/t46-,50-,51?,54?,68?,69?/m1/s1. The molecule has 15 rings (SSSR count). The van der Waals surface area contributed by atoms with E-state index in [-0.39, 0.29) is 5.41 Å². The number of nitrogens with zero attached hydrogens (tertiary/aromatic N) is 2. The van der Waals surface area contributed by atoms with Gasteiger partial charge in [-0.3, -0.25) is 0 Å². The van der Waals surface area contributed by atoms with E-state index in [1.54, 1.807) is 11.1 Å². The Hall–Kier alpha value is -7.94. The molecule has 2 heteroatoms. The van der Waals surface area contributed by atoms with Gasteiger partial charge in [0.15, 0.2) is 0 Å². The van der Waals surface area contributed by atoms with Crippen LogP contribution in [0.15, 0.2) is 243 Å². The molecule has 3 fully saturated rings. The predicted molar refractivity (Wildman–Crippen MR) is 299 cm³/mol. The van der Waals surface area contributed by atoms with Gasteiger partial charge >= 0.3 is 0 Å². The fraction of sp³-hybridized carbons (Fsp3) is 0.171. The number of hydrogen-bond acceptors (Lipinski definition) is 1. The Morgan fingerprint density at radius 2 is 1.03 bits per heavy atom. The van der Waals surface area contributed by atoms with Crippen molar-refractivity contribution in [3.8, 4) is 16.8 Å². The van der Waals surface area contributed by atoms with Crippen molar-refractivity contribution >= 4 is 49.6 Å². The second kappa shape index (κ2) is 16.0. The molecular formula is C70H56N2. The van der Waals surface area contributed by atoms with E-state index in [1.807, 2.05) is 0 Å². The highest BCUT2D eigenvalue weighted by molar-refractivity contribution is 6.09. The van der Waals surface area contributed by atoms with Crippen LogP contribution < -0.4 is 4.90 Å². The van der Waals surface area contributed by atoms with Gasteiger partial charge in [0.25, 0.3) is 0 Å². The third-order valence-electron chi connectivity index (χ3n) is 18.5. The first-order valence-electron chi connectivity index (χ1n) is 26.4. The number of para-hydroxylation sites is 2. The summed E-state index contributed by atoms with van der Waals surface area (Å²) >= 11 is 0. The maximum Gasteiger partial charge on any atom is 0.0707 e. The van der Waals surface area contributed by atoms with Crippen molar-refractivity contribution in [1.29, 1.82) is 0 Å². The number of rotatable bonds is 7. The molecule has 4 aliphatic rings. The molecule has 6 atom stereocenters. The van der Waals surface area contributed by atoms with E-state index in [2.05, 4.69) is 259 Å². The molecule has 346 valence electrons. The maximum atomic E-state index is 2.71. The summed E-state index contributed by atoms with van der Waals surface area (Å²) in [5.41, 5.74) is 17.9. The number of benzene rings is 10. The Kier molecular flexibility index (Phi) is 9.31. The molecule has 1 spiro atoms. The van der Waals surface area contributed by atoms with Crippen LogP contribution in [0.2, 0.25) is 0 Å². The third-order valence-corrected chi connectivity index (χ3v) is 18.5. The first-order valence-corrected chi connectivity index (χ1v) is 26.4. The number of fused-ring (bicyclic) bond motifs is 7. The Morgan fingerprint density at radius 1 is 0.444 bits per heavy atom. The maximum absolute atomic E-state index is 2.71. The molecule has 4 aliphatic carbocycles. The summed E-state index contributed by atoms with van der Waals surface area (Å²) in [6, 6.07) is 92.3. The number of anilines is 3. The zero-order valence-corrected chi connectivity index (χ0v) is 40.7. The minimum Gasteiger partial charge on any atom is -0.310 e. The van der Waals surface area contributed by atoms with Crippen molar-refractivity contribution in [3.63, 3.8) is 0 Å². The molecule has 4 unspecified atom stereocenters. The second-order valence-electron chi connectivity index (χ2n) is 21.7. The molecule has 3 bridgehead atoms. The summed E-state index contributed by atoms with van der Waals surface area (Å²) < 4.78 is 2.40. The Balaban J connectivity index is 0.931. The van der Waals surface area contributed by atoms with E-state index >= 15 is 0 Å². The molecule has 10 aromatic carbocycles. The average Bonchev–Trinajstić information content (AvgIpc) is 3.78. The fourth-order valence-corrected chi connectivity index (χ4v) is 15.7. The van der Waals surface area contributed by atoms with Crippen molar-refractivity contribution in [1.82, 2.24) is 4.57 Å². The minimum atomic E-state index is -0.507. The third kappa shape index (κ3) is 5.90. The van der Waals surface area contributed by atoms with E-state index < -0.39 is 5.41 Å². The first kappa shape index (κ1) is 41.8. The molecule has 3 saturated carbocycles. The zero-order valence-electron chi connectivity index (χ0n) is 40.7. The van der Waals surface area contributed by atoms with Crippen LogP contribution in [0.1, 0.15) is 71.9 Å². The molecule has 72 heavy (non-hydrogen) atoms. The van der Waals surface area contributed by atoms with Crippen LogP contribution in [0.25, 0.3) is 49.4 Å². The SMILES string of the molecule is C[C@@H]1CC2C[C@H]3CC1CC21c2cc(N(c4ccc(-c5ccc(-n6c7ccccc7c7ccccc76)cc5)cc4)c4cccc5ccccc45)ccc2C(c2ccccc2)(c2ccccc2)c2ccccc2C31. The topological polar surface area (TPSA) is 8.17 Å². The van der Waals surface area contributed by atoms with Crippen LogP contribution in [0.4, 0.5) is 17.1 Å². The van der Waals surface area contributed by atoms with Crippen LogP contribution >= 0.6 is 0 Å². The van der Waals surface area contributed by atoms with E-state index in [9.17, 15) is 0 Å². The molecule has 1 heterocycles. The fourth-order valence-electron chi connectivity index (χ4n) is 15.7. The van der Waals surface area contributed by atoms with Crippen LogP contribution in [0.5, 0.6) is 0 Å². The highest BCUT2D eigenvalue weighted by Gasteiger charge is 2.66. The van der Waals surface area contributed by atoms with E-state index in [0.29, 0.717) is 17.8 Å². The monoisotopic (exact) mass is 924 g/mol. The Morgan fingerprint density at radius 3 is 1.74 bits per heavy atom.